The Balaban J connectivity index is 1.71. The van der Waals surface area contributed by atoms with Crippen molar-refractivity contribution in [2.75, 3.05) is 16.3 Å². The Morgan fingerprint density at radius 3 is 2.39 bits per heavy atom. The molecular weight excluding hydrogens is 441 g/mol. The number of hydrogen-bond acceptors (Lipinski definition) is 6. The summed E-state index contributed by atoms with van der Waals surface area (Å²) in [6.45, 7) is 4.10. The number of carbonyl (C=O) groups is 1. The van der Waals surface area contributed by atoms with Gasteiger partial charge in [-0.2, -0.15) is 0 Å². The number of benzene rings is 1. The number of likely N-dealkylation sites (tertiary alicyclic amines) is 1. The SMILES string of the molecule is C[C@@H]1CCC[C@H](C)N1C(=O)CSc1nnc(CN(c2ccc(F)cc2)S(C)(=O)=O)n1C. The van der Waals surface area contributed by atoms with Crippen molar-refractivity contribution in [3.05, 3.63) is 35.9 Å². The van der Waals surface area contributed by atoms with E-state index in [2.05, 4.69) is 24.0 Å². The third-order valence-corrected chi connectivity index (χ3v) is 7.68. The Morgan fingerprint density at radius 1 is 1.19 bits per heavy atom. The number of hydrogen-bond donors (Lipinski definition) is 0. The van der Waals surface area contributed by atoms with Crippen molar-refractivity contribution >= 4 is 33.4 Å². The van der Waals surface area contributed by atoms with E-state index in [1.807, 2.05) is 4.90 Å². The summed E-state index contributed by atoms with van der Waals surface area (Å²) in [6, 6.07) is 5.68. The first-order chi connectivity index (χ1) is 14.6. The average molecular weight is 470 g/mol. The van der Waals surface area contributed by atoms with E-state index in [0.29, 0.717) is 16.7 Å². The van der Waals surface area contributed by atoms with E-state index in [1.54, 1.807) is 11.6 Å². The highest BCUT2D eigenvalue weighted by Gasteiger charge is 2.29. The van der Waals surface area contributed by atoms with Crippen LogP contribution in [0.15, 0.2) is 29.4 Å². The molecule has 0 spiro atoms. The summed E-state index contributed by atoms with van der Waals surface area (Å²) >= 11 is 1.29. The predicted octanol–water partition coefficient (Wildman–Crippen LogP) is 2.80. The summed E-state index contributed by atoms with van der Waals surface area (Å²) in [6.07, 6.45) is 4.25. The number of nitrogens with zero attached hydrogens (tertiary/aromatic N) is 5. The van der Waals surface area contributed by atoms with Crippen molar-refractivity contribution in [1.29, 1.82) is 0 Å². The van der Waals surface area contributed by atoms with Crippen molar-refractivity contribution in [3.8, 4) is 0 Å². The quantitative estimate of drug-likeness (QED) is 0.580. The van der Waals surface area contributed by atoms with Crippen LogP contribution in [0.4, 0.5) is 10.1 Å². The number of piperidine rings is 1. The van der Waals surface area contributed by atoms with Crippen LogP contribution in [0.1, 0.15) is 38.9 Å². The van der Waals surface area contributed by atoms with Crippen LogP contribution in [0.2, 0.25) is 0 Å². The van der Waals surface area contributed by atoms with E-state index in [1.165, 1.54) is 36.0 Å². The molecule has 11 heteroatoms. The maximum Gasteiger partial charge on any atom is 0.233 e. The minimum Gasteiger partial charge on any atom is -0.337 e. The second kappa shape index (κ2) is 9.56. The summed E-state index contributed by atoms with van der Waals surface area (Å²) in [5, 5.41) is 8.79. The van der Waals surface area contributed by atoms with Gasteiger partial charge < -0.3 is 9.47 Å². The van der Waals surface area contributed by atoms with Crippen molar-refractivity contribution in [1.82, 2.24) is 19.7 Å². The molecule has 1 aliphatic heterocycles. The zero-order chi connectivity index (χ0) is 22.8. The molecule has 0 radical (unpaired) electrons. The number of aromatic nitrogens is 3. The lowest BCUT2D eigenvalue weighted by Crippen LogP contribution is -2.48. The number of amides is 1. The van der Waals surface area contributed by atoms with E-state index in [0.717, 1.165) is 29.8 Å². The van der Waals surface area contributed by atoms with Crippen LogP contribution in [-0.4, -0.2) is 58.1 Å². The third kappa shape index (κ3) is 5.57. The van der Waals surface area contributed by atoms with Gasteiger partial charge in [-0.25, -0.2) is 12.8 Å². The van der Waals surface area contributed by atoms with Crippen molar-refractivity contribution in [2.45, 2.75) is 56.9 Å². The van der Waals surface area contributed by atoms with Crippen molar-refractivity contribution in [3.63, 3.8) is 0 Å². The molecule has 1 fully saturated rings. The lowest BCUT2D eigenvalue weighted by atomic mass is 9.98. The maximum absolute atomic E-state index is 13.2. The second-order valence-corrected chi connectivity index (χ2v) is 10.8. The summed E-state index contributed by atoms with van der Waals surface area (Å²) in [5.41, 5.74) is 0.337. The van der Waals surface area contributed by atoms with Crippen molar-refractivity contribution < 1.29 is 17.6 Å². The number of thioether (sulfide) groups is 1. The molecule has 0 bridgehead atoms. The molecule has 2 heterocycles. The molecule has 170 valence electrons. The molecule has 3 rings (SSSR count). The predicted molar refractivity (Wildman–Crippen MR) is 119 cm³/mol. The van der Waals surface area contributed by atoms with Gasteiger partial charge in [0.25, 0.3) is 0 Å². The number of carbonyl (C=O) groups excluding carboxylic acids is 1. The zero-order valence-electron chi connectivity index (χ0n) is 18.2. The molecule has 8 nitrogen and oxygen atoms in total. The molecule has 0 aliphatic carbocycles. The van der Waals surface area contributed by atoms with Crippen LogP contribution < -0.4 is 4.31 Å². The first-order valence-electron chi connectivity index (χ1n) is 10.1. The van der Waals surface area contributed by atoms with E-state index in [-0.39, 0.29) is 30.3 Å². The number of halogens is 1. The molecular formula is C20H28FN5O3S2. The van der Waals surface area contributed by atoms with Gasteiger partial charge in [-0.05, 0) is 57.4 Å². The number of anilines is 1. The highest BCUT2D eigenvalue weighted by atomic mass is 32.2. The van der Waals surface area contributed by atoms with Crippen molar-refractivity contribution in [2.24, 2.45) is 7.05 Å². The summed E-state index contributed by atoms with van der Waals surface area (Å²) in [5.74, 6) is 0.285. The van der Waals surface area contributed by atoms with E-state index < -0.39 is 15.8 Å². The van der Waals surface area contributed by atoms with Gasteiger partial charge in [0, 0.05) is 19.1 Å². The minimum absolute atomic E-state index is 0.0529. The van der Waals surface area contributed by atoms with Gasteiger partial charge in [-0.3, -0.25) is 9.10 Å². The Labute approximate surface area is 186 Å². The van der Waals surface area contributed by atoms with E-state index >= 15 is 0 Å². The zero-order valence-corrected chi connectivity index (χ0v) is 19.8. The Morgan fingerprint density at radius 2 is 1.81 bits per heavy atom. The molecule has 0 unspecified atom stereocenters. The van der Waals surface area contributed by atoms with Crippen LogP contribution in [0.25, 0.3) is 0 Å². The number of sulfonamides is 1. The smallest absolute Gasteiger partial charge is 0.233 e. The van der Waals surface area contributed by atoms with Gasteiger partial charge in [0.2, 0.25) is 15.9 Å². The van der Waals surface area contributed by atoms with Gasteiger partial charge in [0.15, 0.2) is 11.0 Å². The van der Waals surface area contributed by atoms with Crippen LogP contribution in [0.5, 0.6) is 0 Å². The highest BCUT2D eigenvalue weighted by molar-refractivity contribution is 7.99. The van der Waals surface area contributed by atoms with E-state index in [9.17, 15) is 17.6 Å². The van der Waals surface area contributed by atoms with Gasteiger partial charge in [-0.15, -0.1) is 10.2 Å². The fraction of sp³-hybridized carbons (Fsp3) is 0.550. The average Bonchev–Trinajstić information content (AvgIpc) is 3.04. The first-order valence-corrected chi connectivity index (χ1v) is 13.0. The topological polar surface area (TPSA) is 88.4 Å². The molecule has 1 aromatic carbocycles. The van der Waals surface area contributed by atoms with Gasteiger partial charge in [0.1, 0.15) is 5.82 Å². The molecule has 1 amide bonds. The number of rotatable bonds is 7. The molecule has 0 N–H and O–H groups in total. The fourth-order valence-corrected chi connectivity index (χ4v) is 5.51. The van der Waals surface area contributed by atoms with Gasteiger partial charge in [0.05, 0.1) is 24.2 Å². The third-order valence-electron chi connectivity index (χ3n) is 5.53. The van der Waals surface area contributed by atoms with Gasteiger partial charge in [-0.1, -0.05) is 11.8 Å². The first kappa shape index (κ1) is 23.5. The molecule has 1 aliphatic rings. The molecule has 2 atom stereocenters. The normalized spacial score (nSPS) is 19.5. The fourth-order valence-electron chi connectivity index (χ4n) is 3.86. The summed E-state index contributed by atoms with van der Waals surface area (Å²) in [4.78, 5) is 14.7. The highest BCUT2D eigenvalue weighted by Crippen LogP contribution is 2.26. The molecule has 31 heavy (non-hydrogen) atoms. The molecule has 1 saturated heterocycles. The lowest BCUT2D eigenvalue weighted by Gasteiger charge is -2.39. The van der Waals surface area contributed by atoms with Crippen LogP contribution >= 0.6 is 11.8 Å². The second-order valence-electron chi connectivity index (χ2n) is 7.92. The van der Waals surface area contributed by atoms with Crippen LogP contribution in [-0.2, 0) is 28.4 Å². The largest absolute Gasteiger partial charge is 0.337 e. The van der Waals surface area contributed by atoms with Gasteiger partial charge >= 0.3 is 0 Å². The maximum atomic E-state index is 13.2. The molecule has 0 saturated carbocycles. The Bertz CT molecular complexity index is 1020. The minimum atomic E-state index is -3.63. The van der Waals surface area contributed by atoms with E-state index in [4.69, 9.17) is 0 Å². The molecule has 2 aromatic rings. The Hall–Kier alpha value is -2.14. The standard InChI is InChI=1S/C20H28FN5O3S2/c1-14-6-5-7-15(2)26(14)19(27)13-30-20-23-22-18(24(20)3)12-25(31(4,28)29)17-10-8-16(21)9-11-17/h8-11,14-15H,5-7,12-13H2,1-4H3/t14-,15+. The lowest BCUT2D eigenvalue weighted by molar-refractivity contribution is -0.134. The van der Waals surface area contributed by atoms with Crippen LogP contribution in [0, 0.1) is 5.82 Å². The summed E-state index contributed by atoms with van der Waals surface area (Å²) in [7, 11) is -1.89. The summed E-state index contributed by atoms with van der Waals surface area (Å²) < 4.78 is 40.7. The molecule has 1 aromatic heterocycles. The Kier molecular flexibility index (Phi) is 7.25. The van der Waals surface area contributed by atoms with Crippen LogP contribution in [0.3, 0.4) is 0 Å². The monoisotopic (exact) mass is 469 g/mol.